The molecular formula is C16H9Cl2F2N3O3. The molecule has 0 unspecified atom stereocenters. The molecule has 0 N–H and O–H groups in total. The molecule has 3 rings (SSSR count). The summed E-state index contributed by atoms with van der Waals surface area (Å²) in [6.07, 6.45) is -1.57. The number of hydrogen-bond donors (Lipinski definition) is 0. The van der Waals surface area contributed by atoms with Gasteiger partial charge in [-0.1, -0.05) is 23.2 Å². The fraction of sp³-hybridized carbons (Fsp3) is 0.125. The number of hydrogen-bond acceptors (Lipinski definition) is 5. The third-order valence-corrected chi connectivity index (χ3v) is 4.16. The molecule has 0 saturated carbocycles. The Bertz CT molecular complexity index is 1030. The van der Waals surface area contributed by atoms with E-state index in [2.05, 4.69) is 10.2 Å². The molecule has 1 aromatic carbocycles. The first-order chi connectivity index (χ1) is 12.3. The number of aromatic nitrogens is 3. The predicted molar refractivity (Wildman–Crippen MR) is 89.7 cm³/mol. The van der Waals surface area contributed by atoms with E-state index in [-0.39, 0.29) is 28.8 Å². The molecule has 0 amide bonds. The number of halogens is 4. The summed E-state index contributed by atoms with van der Waals surface area (Å²) in [6.45, 7) is -0.233. The van der Waals surface area contributed by atoms with Crippen molar-refractivity contribution in [3.8, 4) is 11.5 Å². The first-order valence-corrected chi connectivity index (χ1v) is 7.91. The minimum absolute atomic E-state index is 0.174. The van der Waals surface area contributed by atoms with Crippen LogP contribution in [-0.4, -0.2) is 20.5 Å². The van der Waals surface area contributed by atoms with Gasteiger partial charge < -0.3 is 8.98 Å². The van der Waals surface area contributed by atoms with Gasteiger partial charge in [-0.15, -0.1) is 10.2 Å². The van der Waals surface area contributed by atoms with Crippen molar-refractivity contribution in [2.24, 2.45) is 0 Å². The van der Waals surface area contributed by atoms with Gasteiger partial charge >= 0.3 is 6.43 Å². The van der Waals surface area contributed by atoms with Crippen molar-refractivity contribution in [2.75, 3.05) is 0 Å². The Balaban J connectivity index is 1.82. The number of pyridine rings is 1. The van der Waals surface area contributed by atoms with Gasteiger partial charge in [0.2, 0.25) is 5.89 Å². The van der Waals surface area contributed by atoms with Gasteiger partial charge in [0.25, 0.3) is 11.4 Å². The lowest BCUT2D eigenvalue weighted by Gasteiger charge is -2.06. The average molecular weight is 400 g/mol. The summed E-state index contributed by atoms with van der Waals surface area (Å²) in [6, 6.07) is 6.92. The molecule has 2 heterocycles. The molecule has 2 aromatic heterocycles. The molecule has 0 spiro atoms. The number of ketones is 1. The lowest BCUT2D eigenvalue weighted by atomic mass is 10.1. The highest BCUT2D eigenvalue weighted by atomic mass is 35.5. The van der Waals surface area contributed by atoms with Crippen LogP contribution in [0.5, 0.6) is 0 Å². The molecule has 0 aliphatic rings. The van der Waals surface area contributed by atoms with Gasteiger partial charge in [-0.25, -0.2) is 0 Å². The highest BCUT2D eigenvalue weighted by molar-refractivity contribution is 6.42. The number of carbonyl (C=O) groups is 1. The van der Waals surface area contributed by atoms with Gasteiger partial charge in [-0.3, -0.25) is 9.59 Å². The van der Waals surface area contributed by atoms with Crippen LogP contribution in [0.15, 0.2) is 45.7 Å². The lowest BCUT2D eigenvalue weighted by Crippen LogP contribution is -2.23. The summed E-state index contributed by atoms with van der Waals surface area (Å²) in [7, 11) is 0. The SMILES string of the molecule is O=C(Cn1ccc(-c2nnc(C(F)F)o2)cc1=O)c1ccc(Cl)c(Cl)c1. The van der Waals surface area contributed by atoms with E-state index >= 15 is 0 Å². The standard InChI is InChI=1S/C16H9Cl2F2N3O3/c17-10-2-1-8(5-11(10)18)12(24)7-23-4-3-9(6-13(23)25)15-21-22-16(26-15)14(19)20/h1-6,14H,7H2. The van der Waals surface area contributed by atoms with Gasteiger partial charge in [0.05, 0.1) is 16.6 Å². The quantitative estimate of drug-likeness (QED) is 0.605. The van der Waals surface area contributed by atoms with Crippen LogP contribution in [0, 0.1) is 0 Å². The second kappa shape index (κ2) is 7.35. The molecule has 10 heteroatoms. The molecule has 0 aliphatic carbocycles. The van der Waals surface area contributed by atoms with Gasteiger partial charge in [0.15, 0.2) is 5.78 Å². The minimum Gasteiger partial charge on any atom is -0.415 e. The highest BCUT2D eigenvalue weighted by Crippen LogP contribution is 2.23. The van der Waals surface area contributed by atoms with E-state index in [4.69, 9.17) is 27.6 Å². The Morgan fingerprint density at radius 1 is 1.15 bits per heavy atom. The van der Waals surface area contributed by atoms with Crippen molar-refractivity contribution < 1.29 is 18.0 Å². The van der Waals surface area contributed by atoms with Crippen molar-refractivity contribution in [1.29, 1.82) is 0 Å². The molecule has 0 bridgehead atoms. The minimum atomic E-state index is -2.90. The Morgan fingerprint density at radius 2 is 1.92 bits per heavy atom. The van der Waals surface area contributed by atoms with Crippen LogP contribution >= 0.6 is 23.2 Å². The van der Waals surface area contributed by atoms with E-state index in [1.165, 1.54) is 30.5 Å². The summed E-state index contributed by atoms with van der Waals surface area (Å²) in [5.74, 6) is -1.39. The number of Topliss-reactive ketones (excluding diaryl/α,β-unsaturated/α-hetero) is 1. The van der Waals surface area contributed by atoms with E-state index < -0.39 is 17.9 Å². The molecule has 3 aromatic rings. The van der Waals surface area contributed by atoms with Crippen LogP contribution in [0.3, 0.4) is 0 Å². The zero-order valence-electron chi connectivity index (χ0n) is 12.8. The van der Waals surface area contributed by atoms with E-state index in [0.717, 1.165) is 10.6 Å². The molecule has 0 fully saturated rings. The number of alkyl halides is 2. The van der Waals surface area contributed by atoms with E-state index in [0.29, 0.717) is 10.6 Å². The third kappa shape index (κ3) is 3.81. The molecule has 6 nitrogen and oxygen atoms in total. The summed E-state index contributed by atoms with van der Waals surface area (Å²) < 4.78 is 30.9. The summed E-state index contributed by atoms with van der Waals surface area (Å²) in [4.78, 5) is 24.4. The van der Waals surface area contributed by atoms with E-state index in [1.54, 1.807) is 0 Å². The maximum absolute atomic E-state index is 12.5. The van der Waals surface area contributed by atoms with Crippen molar-refractivity contribution in [2.45, 2.75) is 13.0 Å². The first kappa shape index (κ1) is 18.2. The van der Waals surface area contributed by atoms with E-state index in [1.807, 2.05) is 0 Å². The number of carbonyl (C=O) groups excluding carboxylic acids is 1. The van der Waals surface area contributed by atoms with Crippen molar-refractivity contribution in [1.82, 2.24) is 14.8 Å². The average Bonchev–Trinajstić information content (AvgIpc) is 3.09. The predicted octanol–water partition coefficient (Wildman–Crippen LogP) is 4.03. The van der Waals surface area contributed by atoms with Gasteiger partial charge in [-0.05, 0) is 24.3 Å². The Kier molecular flexibility index (Phi) is 5.15. The largest absolute Gasteiger partial charge is 0.415 e. The fourth-order valence-electron chi connectivity index (χ4n) is 2.13. The molecule has 26 heavy (non-hydrogen) atoms. The third-order valence-electron chi connectivity index (χ3n) is 3.43. The smallest absolute Gasteiger partial charge is 0.314 e. The zero-order chi connectivity index (χ0) is 18.8. The Labute approximate surface area is 155 Å². The molecule has 0 radical (unpaired) electrons. The Morgan fingerprint density at radius 3 is 2.54 bits per heavy atom. The fourth-order valence-corrected chi connectivity index (χ4v) is 2.42. The van der Waals surface area contributed by atoms with Crippen LogP contribution in [0.4, 0.5) is 8.78 Å². The number of benzene rings is 1. The first-order valence-electron chi connectivity index (χ1n) is 7.16. The molecular weight excluding hydrogens is 391 g/mol. The van der Waals surface area contributed by atoms with E-state index in [9.17, 15) is 18.4 Å². The van der Waals surface area contributed by atoms with Gasteiger partial charge in [0.1, 0.15) is 0 Å². The van der Waals surface area contributed by atoms with Crippen molar-refractivity contribution in [3.63, 3.8) is 0 Å². The van der Waals surface area contributed by atoms with Crippen LogP contribution in [0.1, 0.15) is 22.7 Å². The number of rotatable bonds is 5. The van der Waals surface area contributed by atoms with Crippen molar-refractivity contribution in [3.05, 3.63) is 68.4 Å². The molecule has 0 saturated heterocycles. The maximum atomic E-state index is 12.5. The molecule has 0 atom stereocenters. The van der Waals surface area contributed by atoms with Gasteiger partial charge in [-0.2, -0.15) is 8.78 Å². The van der Waals surface area contributed by atoms with Crippen LogP contribution in [0.25, 0.3) is 11.5 Å². The summed E-state index contributed by atoms with van der Waals surface area (Å²) >= 11 is 11.7. The topological polar surface area (TPSA) is 78.0 Å². The Hall–Kier alpha value is -2.58. The second-order valence-corrected chi connectivity index (χ2v) is 5.99. The second-order valence-electron chi connectivity index (χ2n) is 5.18. The van der Waals surface area contributed by atoms with Crippen LogP contribution < -0.4 is 5.56 Å². The monoisotopic (exact) mass is 399 g/mol. The molecule has 134 valence electrons. The summed E-state index contributed by atoms with van der Waals surface area (Å²) in [5, 5.41) is 7.20. The lowest BCUT2D eigenvalue weighted by molar-refractivity contribution is 0.0970. The zero-order valence-corrected chi connectivity index (χ0v) is 14.3. The van der Waals surface area contributed by atoms with Gasteiger partial charge in [0, 0.05) is 23.4 Å². The summed E-state index contributed by atoms with van der Waals surface area (Å²) in [5.41, 5.74) is -0.0609. The van der Waals surface area contributed by atoms with Crippen LogP contribution in [0.2, 0.25) is 10.0 Å². The highest BCUT2D eigenvalue weighted by Gasteiger charge is 2.18. The maximum Gasteiger partial charge on any atom is 0.314 e. The molecule has 0 aliphatic heterocycles. The normalized spacial score (nSPS) is 11.1. The van der Waals surface area contributed by atoms with Crippen LogP contribution in [-0.2, 0) is 6.54 Å². The number of nitrogens with zero attached hydrogens (tertiary/aromatic N) is 3. The van der Waals surface area contributed by atoms with Crippen molar-refractivity contribution >= 4 is 29.0 Å².